The predicted molar refractivity (Wildman–Crippen MR) is 91.6 cm³/mol. The molecule has 120 valence electrons. The van der Waals surface area contributed by atoms with Crippen molar-refractivity contribution < 1.29 is 4.74 Å². The van der Waals surface area contributed by atoms with Gasteiger partial charge in [-0.2, -0.15) is 0 Å². The number of ether oxygens (including phenoxy) is 1. The van der Waals surface area contributed by atoms with Gasteiger partial charge in [-0.05, 0) is 38.1 Å². The topological polar surface area (TPSA) is 80.1 Å². The van der Waals surface area contributed by atoms with E-state index in [9.17, 15) is 0 Å². The molecular weight excluding hydrogens is 290 g/mol. The van der Waals surface area contributed by atoms with Crippen LogP contribution < -0.4 is 10.5 Å². The minimum atomic E-state index is 0.153. The smallest absolute Gasteiger partial charge is 0.171 e. The van der Waals surface area contributed by atoms with Crippen molar-refractivity contribution in [1.82, 2.24) is 19.9 Å². The van der Waals surface area contributed by atoms with Crippen molar-refractivity contribution in [3.8, 4) is 5.75 Å². The van der Waals surface area contributed by atoms with Crippen LogP contribution in [0.3, 0.4) is 0 Å². The molecule has 0 spiro atoms. The summed E-state index contributed by atoms with van der Waals surface area (Å²) in [6.45, 7) is 5.32. The molecule has 23 heavy (non-hydrogen) atoms. The summed E-state index contributed by atoms with van der Waals surface area (Å²) >= 11 is 0. The molecule has 6 heteroatoms. The highest BCUT2D eigenvalue weighted by atomic mass is 16.5. The molecule has 1 atom stereocenters. The van der Waals surface area contributed by atoms with Crippen LogP contribution in [-0.2, 0) is 0 Å². The summed E-state index contributed by atoms with van der Waals surface area (Å²) in [5.41, 5.74) is 7.88. The second-order valence-electron chi connectivity index (χ2n) is 6.06. The molecule has 0 radical (unpaired) electrons. The summed E-state index contributed by atoms with van der Waals surface area (Å²) in [6, 6.07) is 3.96. The van der Waals surface area contributed by atoms with Gasteiger partial charge in [-0.3, -0.25) is 4.90 Å². The standard InChI is InChI=1S/C17H21N5O/c1-2-22-8-4-5-11(10-22)23-15-14-12-6-3-7-19-17(12)21-13(14)9-20-16(15)18/h3,6-7,9,11H,2,4-5,8,10H2,1H3,(H2,18,20)(H,19,21)/t11-/m0/s1. The third kappa shape index (κ3) is 2.49. The Morgan fingerprint density at radius 3 is 3.22 bits per heavy atom. The largest absolute Gasteiger partial charge is 0.484 e. The molecule has 0 unspecified atom stereocenters. The van der Waals surface area contributed by atoms with E-state index in [-0.39, 0.29) is 6.10 Å². The van der Waals surface area contributed by atoms with Crippen molar-refractivity contribution in [3.63, 3.8) is 0 Å². The number of hydrogen-bond donors (Lipinski definition) is 2. The number of nitrogens with zero attached hydrogens (tertiary/aromatic N) is 3. The number of rotatable bonds is 3. The zero-order valence-electron chi connectivity index (χ0n) is 13.2. The first kappa shape index (κ1) is 14.3. The fraction of sp³-hybridized carbons (Fsp3) is 0.412. The first-order chi connectivity index (χ1) is 11.3. The van der Waals surface area contributed by atoms with Gasteiger partial charge < -0.3 is 15.5 Å². The van der Waals surface area contributed by atoms with Gasteiger partial charge in [0.1, 0.15) is 11.8 Å². The second-order valence-corrected chi connectivity index (χ2v) is 6.06. The summed E-state index contributed by atoms with van der Waals surface area (Å²) in [6.07, 6.45) is 5.87. The maximum atomic E-state index is 6.32. The molecule has 0 bridgehead atoms. The number of piperidine rings is 1. The zero-order valence-corrected chi connectivity index (χ0v) is 13.2. The van der Waals surface area contributed by atoms with Crippen molar-refractivity contribution in [2.45, 2.75) is 25.9 Å². The molecule has 0 aliphatic carbocycles. The molecule has 4 rings (SSSR count). The molecule has 6 nitrogen and oxygen atoms in total. The van der Waals surface area contributed by atoms with Crippen LogP contribution >= 0.6 is 0 Å². The Balaban J connectivity index is 1.77. The van der Waals surface area contributed by atoms with Gasteiger partial charge in [0, 0.05) is 18.1 Å². The first-order valence-electron chi connectivity index (χ1n) is 8.16. The van der Waals surface area contributed by atoms with Gasteiger partial charge in [-0.1, -0.05) is 6.92 Å². The second kappa shape index (κ2) is 5.70. The van der Waals surface area contributed by atoms with Crippen LogP contribution in [0.5, 0.6) is 5.75 Å². The SMILES string of the molecule is CCN1CCC[C@H](Oc2c(N)ncc3[nH]c4ncccc4c23)C1. The van der Waals surface area contributed by atoms with E-state index in [0.717, 1.165) is 54.4 Å². The molecule has 1 fully saturated rings. The Kier molecular flexibility index (Phi) is 3.53. The van der Waals surface area contributed by atoms with E-state index in [1.807, 2.05) is 12.1 Å². The summed E-state index contributed by atoms with van der Waals surface area (Å²) in [7, 11) is 0. The molecule has 4 heterocycles. The van der Waals surface area contributed by atoms with E-state index in [2.05, 4.69) is 26.8 Å². The number of nitrogens with one attached hydrogen (secondary N) is 1. The molecule has 3 N–H and O–H groups in total. The lowest BCUT2D eigenvalue weighted by Crippen LogP contribution is -2.41. The minimum absolute atomic E-state index is 0.153. The lowest BCUT2D eigenvalue weighted by Gasteiger charge is -2.32. The summed E-state index contributed by atoms with van der Waals surface area (Å²) < 4.78 is 6.32. The normalized spacial score (nSPS) is 19.4. The molecule has 1 aliphatic heterocycles. The average Bonchev–Trinajstić information content (AvgIpc) is 2.96. The van der Waals surface area contributed by atoms with Crippen molar-refractivity contribution >= 4 is 27.8 Å². The number of likely N-dealkylation sites (tertiary alicyclic amines) is 1. The minimum Gasteiger partial charge on any atom is -0.484 e. The van der Waals surface area contributed by atoms with Crippen molar-refractivity contribution in [2.24, 2.45) is 0 Å². The van der Waals surface area contributed by atoms with Crippen LogP contribution in [-0.4, -0.2) is 45.6 Å². The fourth-order valence-electron chi connectivity index (χ4n) is 3.39. The number of likely N-dealkylation sites (N-methyl/N-ethyl adjacent to an activating group) is 1. The molecule has 0 saturated carbocycles. The number of nitrogens with two attached hydrogens (primary N) is 1. The predicted octanol–water partition coefficient (Wildman–Crippen LogP) is 2.56. The number of pyridine rings is 2. The van der Waals surface area contributed by atoms with Crippen LogP contribution in [0.4, 0.5) is 5.82 Å². The Labute approximate surface area is 134 Å². The Morgan fingerprint density at radius 2 is 2.35 bits per heavy atom. The molecule has 1 aliphatic rings. The van der Waals surface area contributed by atoms with E-state index in [0.29, 0.717) is 11.6 Å². The molecular formula is C17H21N5O. The van der Waals surface area contributed by atoms with Crippen molar-refractivity contribution in [3.05, 3.63) is 24.5 Å². The van der Waals surface area contributed by atoms with E-state index < -0.39 is 0 Å². The van der Waals surface area contributed by atoms with E-state index in [4.69, 9.17) is 10.5 Å². The number of anilines is 1. The van der Waals surface area contributed by atoms with E-state index in [1.54, 1.807) is 12.4 Å². The zero-order chi connectivity index (χ0) is 15.8. The quantitative estimate of drug-likeness (QED) is 0.777. The van der Waals surface area contributed by atoms with Gasteiger partial charge in [0.2, 0.25) is 0 Å². The highest BCUT2D eigenvalue weighted by Crippen LogP contribution is 2.36. The van der Waals surface area contributed by atoms with Crippen LogP contribution in [0.2, 0.25) is 0 Å². The molecule has 3 aromatic heterocycles. The molecule has 1 saturated heterocycles. The molecule has 3 aromatic rings. The third-order valence-electron chi connectivity index (χ3n) is 4.59. The Hall–Kier alpha value is -2.34. The van der Waals surface area contributed by atoms with Gasteiger partial charge in [-0.25, -0.2) is 9.97 Å². The van der Waals surface area contributed by atoms with E-state index in [1.165, 1.54) is 0 Å². The highest BCUT2D eigenvalue weighted by Gasteiger charge is 2.23. The van der Waals surface area contributed by atoms with E-state index >= 15 is 0 Å². The maximum absolute atomic E-state index is 6.32. The lowest BCUT2D eigenvalue weighted by atomic mass is 10.1. The fourth-order valence-corrected chi connectivity index (χ4v) is 3.39. The first-order valence-corrected chi connectivity index (χ1v) is 8.16. The summed E-state index contributed by atoms with van der Waals surface area (Å²) in [5, 5.41) is 2.00. The third-order valence-corrected chi connectivity index (χ3v) is 4.59. The lowest BCUT2D eigenvalue weighted by molar-refractivity contribution is 0.0936. The van der Waals surface area contributed by atoms with Gasteiger partial charge in [0.25, 0.3) is 0 Å². The number of aromatic nitrogens is 3. The molecule has 0 aromatic carbocycles. The van der Waals surface area contributed by atoms with Crippen LogP contribution in [0, 0.1) is 0 Å². The van der Waals surface area contributed by atoms with Gasteiger partial charge in [0.05, 0.1) is 17.1 Å². The van der Waals surface area contributed by atoms with Gasteiger partial charge in [0.15, 0.2) is 11.6 Å². The van der Waals surface area contributed by atoms with Crippen LogP contribution in [0.1, 0.15) is 19.8 Å². The summed E-state index contributed by atoms with van der Waals surface area (Å²) in [5.74, 6) is 1.13. The number of nitrogen functional groups attached to an aromatic ring is 1. The van der Waals surface area contributed by atoms with Crippen molar-refractivity contribution in [1.29, 1.82) is 0 Å². The van der Waals surface area contributed by atoms with Crippen LogP contribution in [0.15, 0.2) is 24.5 Å². The summed E-state index contributed by atoms with van der Waals surface area (Å²) in [4.78, 5) is 14.4. The van der Waals surface area contributed by atoms with Crippen molar-refractivity contribution in [2.75, 3.05) is 25.4 Å². The Bertz CT molecular complexity index is 843. The van der Waals surface area contributed by atoms with Gasteiger partial charge >= 0.3 is 0 Å². The number of aromatic amines is 1. The number of H-pyrrole nitrogens is 1. The average molecular weight is 311 g/mol. The van der Waals surface area contributed by atoms with Crippen LogP contribution in [0.25, 0.3) is 21.9 Å². The Morgan fingerprint density at radius 1 is 1.43 bits per heavy atom. The number of hydrogen-bond acceptors (Lipinski definition) is 5. The highest BCUT2D eigenvalue weighted by molar-refractivity contribution is 6.10. The number of fused-ring (bicyclic) bond motifs is 3. The van der Waals surface area contributed by atoms with Gasteiger partial charge in [-0.15, -0.1) is 0 Å². The maximum Gasteiger partial charge on any atom is 0.171 e. The monoisotopic (exact) mass is 311 g/mol. The molecule has 0 amide bonds.